The molecule has 0 saturated heterocycles. The van der Waals surface area contributed by atoms with E-state index >= 15 is 0 Å². The summed E-state index contributed by atoms with van der Waals surface area (Å²) in [6, 6.07) is 1.55. The number of rotatable bonds is 5. The maximum Gasteiger partial charge on any atom is 0.251 e. The fourth-order valence-electron chi connectivity index (χ4n) is 1.09. The van der Waals surface area contributed by atoms with E-state index in [4.69, 9.17) is 5.73 Å². The van der Waals surface area contributed by atoms with Crippen molar-refractivity contribution in [3.8, 4) is 0 Å². The van der Waals surface area contributed by atoms with Crippen molar-refractivity contribution >= 4 is 11.8 Å². The van der Waals surface area contributed by atoms with Gasteiger partial charge in [-0.25, -0.2) is 4.98 Å². The molecule has 0 atom stereocenters. The van der Waals surface area contributed by atoms with Crippen LogP contribution in [0.1, 0.15) is 19.0 Å². The summed E-state index contributed by atoms with van der Waals surface area (Å²) >= 11 is 1.48. The third kappa shape index (κ3) is 3.51. The van der Waals surface area contributed by atoms with Gasteiger partial charge in [0, 0.05) is 24.1 Å². The Morgan fingerprint density at radius 3 is 3.07 bits per heavy atom. The second-order valence-corrected chi connectivity index (χ2v) is 4.01. The van der Waals surface area contributed by atoms with E-state index in [2.05, 4.69) is 16.9 Å². The van der Waals surface area contributed by atoms with Gasteiger partial charge in [-0.2, -0.15) is 0 Å². The van der Waals surface area contributed by atoms with Crippen LogP contribution in [0.15, 0.2) is 16.0 Å². The third-order valence-electron chi connectivity index (χ3n) is 1.64. The Kier molecular flexibility index (Phi) is 4.69. The van der Waals surface area contributed by atoms with E-state index in [1.165, 1.54) is 11.8 Å². The van der Waals surface area contributed by atoms with Crippen molar-refractivity contribution < 1.29 is 0 Å². The number of aryl methyl sites for hydroxylation is 1. The number of H-pyrrole nitrogens is 1. The Morgan fingerprint density at radius 1 is 1.64 bits per heavy atom. The van der Waals surface area contributed by atoms with Crippen LogP contribution < -0.4 is 11.3 Å². The standard InChI is InChI=1S/C9H15N3OS/c1-2-3-7-6-8(13)12-9(11-7)14-5-4-10/h6H,2-5,10H2,1H3,(H,11,12,13). The minimum Gasteiger partial charge on any atom is -0.330 e. The number of thioether (sulfide) groups is 1. The summed E-state index contributed by atoms with van der Waals surface area (Å²) in [6.45, 7) is 2.65. The van der Waals surface area contributed by atoms with Gasteiger partial charge in [0.2, 0.25) is 0 Å². The summed E-state index contributed by atoms with van der Waals surface area (Å²) in [6.07, 6.45) is 1.84. The average molecular weight is 213 g/mol. The van der Waals surface area contributed by atoms with Gasteiger partial charge in [-0.3, -0.25) is 4.79 Å². The highest BCUT2D eigenvalue weighted by Crippen LogP contribution is 2.10. The lowest BCUT2D eigenvalue weighted by atomic mass is 10.2. The van der Waals surface area contributed by atoms with Crippen molar-refractivity contribution in [1.82, 2.24) is 9.97 Å². The van der Waals surface area contributed by atoms with Crippen LogP contribution in [0, 0.1) is 0 Å². The molecule has 78 valence electrons. The summed E-state index contributed by atoms with van der Waals surface area (Å²) in [7, 11) is 0. The molecular formula is C9H15N3OS. The lowest BCUT2D eigenvalue weighted by molar-refractivity contribution is 0.815. The minimum absolute atomic E-state index is 0.0806. The molecule has 1 rings (SSSR count). The zero-order valence-electron chi connectivity index (χ0n) is 8.25. The van der Waals surface area contributed by atoms with E-state index in [9.17, 15) is 4.79 Å². The quantitative estimate of drug-likeness (QED) is 0.560. The molecule has 1 heterocycles. The van der Waals surface area contributed by atoms with Crippen LogP contribution in [0.5, 0.6) is 0 Å². The van der Waals surface area contributed by atoms with E-state index < -0.39 is 0 Å². The first-order chi connectivity index (χ1) is 6.76. The first-order valence-electron chi connectivity index (χ1n) is 4.69. The van der Waals surface area contributed by atoms with Crippen molar-refractivity contribution in [3.63, 3.8) is 0 Å². The molecule has 5 heteroatoms. The Hall–Kier alpha value is -0.810. The van der Waals surface area contributed by atoms with Gasteiger partial charge in [-0.1, -0.05) is 25.1 Å². The molecule has 0 amide bonds. The van der Waals surface area contributed by atoms with Crippen molar-refractivity contribution in [2.24, 2.45) is 5.73 Å². The first kappa shape index (κ1) is 11.3. The monoisotopic (exact) mass is 213 g/mol. The highest BCUT2D eigenvalue weighted by atomic mass is 32.2. The van der Waals surface area contributed by atoms with Crippen LogP contribution in [0.4, 0.5) is 0 Å². The van der Waals surface area contributed by atoms with Crippen LogP contribution in [0.3, 0.4) is 0 Å². The molecule has 1 aromatic heterocycles. The smallest absolute Gasteiger partial charge is 0.251 e. The maximum absolute atomic E-state index is 11.2. The van der Waals surface area contributed by atoms with Crippen molar-refractivity contribution in [2.45, 2.75) is 24.9 Å². The molecular weight excluding hydrogens is 198 g/mol. The Balaban J connectivity index is 2.78. The van der Waals surface area contributed by atoms with Gasteiger partial charge in [0.05, 0.1) is 0 Å². The third-order valence-corrected chi connectivity index (χ3v) is 2.54. The highest BCUT2D eigenvalue weighted by molar-refractivity contribution is 7.99. The molecule has 1 aromatic rings. The van der Waals surface area contributed by atoms with E-state index in [0.29, 0.717) is 11.7 Å². The number of hydrogen-bond acceptors (Lipinski definition) is 4. The Bertz CT molecular complexity index is 337. The summed E-state index contributed by atoms with van der Waals surface area (Å²) in [5.74, 6) is 0.776. The number of aromatic amines is 1. The molecule has 0 aliphatic carbocycles. The highest BCUT2D eigenvalue weighted by Gasteiger charge is 2.00. The zero-order valence-corrected chi connectivity index (χ0v) is 9.06. The molecule has 0 saturated carbocycles. The molecule has 0 bridgehead atoms. The largest absolute Gasteiger partial charge is 0.330 e. The number of aromatic nitrogens is 2. The second-order valence-electron chi connectivity index (χ2n) is 2.93. The van der Waals surface area contributed by atoms with Crippen molar-refractivity contribution in [1.29, 1.82) is 0 Å². The Morgan fingerprint density at radius 2 is 2.43 bits per heavy atom. The lowest BCUT2D eigenvalue weighted by Crippen LogP contribution is -2.11. The predicted molar refractivity (Wildman–Crippen MR) is 58.6 cm³/mol. The van der Waals surface area contributed by atoms with Gasteiger partial charge >= 0.3 is 0 Å². The summed E-state index contributed by atoms with van der Waals surface area (Å²) in [4.78, 5) is 18.2. The fourth-order valence-corrected chi connectivity index (χ4v) is 1.76. The molecule has 14 heavy (non-hydrogen) atoms. The van der Waals surface area contributed by atoms with E-state index in [1.54, 1.807) is 6.07 Å². The molecule has 3 N–H and O–H groups in total. The molecule has 0 unspecified atom stereocenters. The number of nitrogens with one attached hydrogen (secondary N) is 1. The second kappa shape index (κ2) is 5.82. The topological polar surface area (TPSA) is 71.8 Å². The maximum atomic E-state index is 11.2. The number of nitrogens with zero attached hydrogens (tertiary/aromatic N) is 1. The van der Waals surface area contributed by atoms with Crippen LogP contribution in [0.2, 0.25) is 0 Å². The van der Waals surface area contributed by atoms with Gasteiger partial charge in [0.15, 0.2) is 5.16 Å². The zero-order chi connectivity index (χ0) is 10.4. The molecule has 0 radical (unpaired) electrons. The van der Waals surface area contributed by atoms with Crippen LogP contribution in [-0.4, -0.2) is 22.3 Å². The number of hydrogen-bond donors (Lipinski definition) is 2. The molecule has 0 spiro atoms. The van der Waals surface area contributed by atoms with Gasteiger partial charge in [-0.05, 0) is 6.42 Å². The predicted octanol–water partition coefficient (Wildman–Crippen LogP) is 0.773. The fraction of sp³-hybridized carbons (Fsp3) is 0.556. The first-order valence-corrected chi connectivity index (χ1v) is 5.68. The minimum atomic E-state index is -0.0806. The SMILES string of the molecule is CCCc1cc(=O)[nH]c(SCCN)n1. The molecule has 0 aromatic carbocycles. The van der Waals surface area contributed by atoms with E-state index in [1.807, 2.05) is 0 Å². The van der Waals surface area contributed by atoms with Gasteiger partial charge in [0.25, 0.3) is 5.56 Å². The van der Waals surface area contributed by atoms with Crippen LogP contribution in [-0.2, 0) is 6.42 Å². The molecule has 0 fully saturated rings. The van der Waals surface area contributed by atoms with E-state index in [-0.39, 0.29) is 5.56 Å². The molecule has 0 aliphatic heterocycles. The molecule has 4 nitrogen and oxygen atoms in total. The van der Waals surface area contributed by atoms with E-state index in [0.717, 1.165) is 24.3 Å². The summed E-state index contributed by atoms with van der Waals surface area (Å²) in [5, 5.41) is 0.673. The van der Waals surface area contributed by atoms with Gasteiger partial charge in [-0.15, -0.1) is 0 Å². The summed E-state index contributed by atoms with van der Waals surface area (Å²) in [5.41, 5.74) is 6.15. The van der Waals surface area contributed by atoms with Crippen LogP contribution in [0.25, 0.3) is 0 Å². The Labute approximate surface area is 87.3 Å². The lowest BCUT2D eigenvalue weighted by Gasteiger charge is -2.01. The average Bonchev–Trinajstić information content (AvgIpc) is 2.14. The normalized spacial score (nSPS) is 10.4. The van der Waals surface area contributed by atoms with Gasteiger partial charge in [0.1, 0.15) is 0 Å². The number of nitrogens with two attached hydrogens (primary N) is 1. The van der Waals surface area contributed by atoms with Crippen molar-refractivity contribution in [3.05, 3.63) is 22.1 Å². The molecule has 0 aliphatic rings. The van der Waals surface area contributed by atoms with Crippen molar-refractivity contribution in [2.75, 3.05) is 12.3 Å². The van der Waals surface area contributed by atoms with Crippen LogP contribution >= 0.6 is 11.8 Å². The van der Waals surface area contributed by atoms with Gasteiger partial charge < -0.3 is 10.7 Å². The summed E-state index contributed by atoms with van der Waals surface area (Å²) < 4.78 is 0.